The lowest BCUT2D eigenvalue weighted by molar-refractivity contribution is 0.304. The van der Waals surface area contributed by atoms with Gasteiger partial charge in [0.1, 0.15) is 0 Å². The predicted octanol–water partition coefficient (Wildman–Crippen LogP) is 1.44. The van der Waals surface area contributed by atoms with Gasteiger partial charge in [-0.1, -0.05) is 6.92 Å². The van der Waals surface area contributed by atoms with Crippen molar-refractivity contribution in [1.82, 2.24) is 9.97 Å². The summed E-state index contributed by atoms with van der Waals surface area (Å²) in [7, 11) is 1.97. The summed E-state index contributed by atoms with van der Waals surface area (Å²) in [6.45, 7) is 5.52. The van der Waals surface area contributed by atoms with Crippen molar-refractivity contribution in [3.63, 3.8) is 0 Å². The van der Waals surface area contributed by atoms with Gasteiger partial charge in [-0.05, 0) is 26.3 Å². The molecule has 0 radical (unpaired) electrons. The van der Waals surface area contributed by atoms with Gasteiger partial charge >= 0.3 is 0 Å². The first-order valence-electron chi connectivity index (χ1n) is 6.07. The zero-order chi connectivity index (χ0) is 12.7. The van der Waals surface area contributed by atoms with Crippen LogP contribution in [0.3, 0.4) is 0 Å². The fourth-order valence-corrected chi connectivity index (χ4v) is 1.42. The van der Waals surface area contributed by atoms with E-state index in [-0.39, 0.29) is 0 Å². The topological polar surface area (TPSA) is 64.3 Å². The monoisotopic (exact) mass is 238 g/mol. The molecule has 5 heteroatoms. The van der Waals surface area contributed by atoms with Gasteiger partial charge in [-0.25, -0.2) is 4.98 Å². The molecule has 1 unspecified atom stereocenters. The van der Waals surface area contributed by atoms with E-state index in [1.807, 2.05) is 11.9 Å². The van der Waals surface area contributed by atoms with E-state index in [2.05, 4.69) is 23.8 Å². The Morgan fingerprint density at radius 1 is 1.53 bits per heavy atom. The lowest BCUT2D eigenvalue weighted by Gasteiger charge is -2.24. The normalized spacial score (nSPS) is 12.2. The molecule has 0 amide bonds. The minimum absolute atomic E-state index is 0.321. The molecule has 0 aliphatic heterocycles. The number of nitrogens with two attached hydrogens (primary N) is 1. The van der Waals surface area contributed by atoms with Gasteiger partial charge in [0, 0.05) is 25.4 Å². The summed E-state index contributed by atoms with van der Waals surface area (Å²) in [6, 6.07) is 2.10. The molecule has 1 aromatic heterocycles. The number of anilines is 1. The van der Waals surface area contributed by atoms with Crippen LogP contribution in [-0.4, -0.2) is 36.2 Å². The standard InChI is InChI=1S/C12H22N4O/c1-4-9-17-11-6-8-14-12(15-11)16(3)10(2)5-7-13/h6,8,10H,4-5,7,9,13H2,1-3H3. The summed E-state index contributed by atoms with van der Waals surface area (Å²) in [5.74, 6) is 1.31. The third-order valence-corrected chi connectivity index (χ3v) is 2.63. The molecule has 0 saturated carbocycles. The van der Waals surface area contributed by atoms with Crippen molar-refractivity contribution in [2.24, 2.45) is 5.73 Å². The summed E-state index contributed by atoms with van der Waals surface area (Å²) in [5.41, 5.74) is 5.55. The lowest BCUT2D eigenvalue weighted by atomic mass is 10.2. The zero-order valence-electron chi connectivity index (χ0n) is 10.9. The minimum Gasteiger partial charge on any atom is -0.478 e. The molecule has 0 fully saturated rings. The maximum Gasteiger partial charge on any atom is 0.228 e. The second-order valence-corrected chi connectivity index (χ2v) is 4.08. The fourth-order valence-electron chi connectivity index (χ4n) is 1.42. The Labute approximate surface area is 103 Å². The second-order valence-electron chi connectivity index (χ2n) is 4.08. The van der Waals surface area contributed by atoms with Crippen LogP contribution in [0, 0.1) is 0 Å². The highest BCUT2D eigenvalue weighted by atomic mass is 16.5. The van der Waals surface area contributed by atoms with Crippen molar-refractivity contribution in [2.75, 3.05) is 25.1 Å². The van der Waals surface area contributed by atoms with Gasteiger partial charge in [0.25, 0.3) is 0 Å². The molecule has 96 valence electrons. The summed E-state index contributed by atoms with van der Waals surface area (Å²) in [4.78, 5) is 10.6. The van der Waals surface area contributed by atoms with Crippen LogP contribution in [0.4, 0.5) is 5.95 Å². The van der Waals surface area contributed by atoms with Gasteiger partial charge in [0.2, 0.25) is 11.8 Å². The van der Waals surface area contributed by atoms with Gasteiger partial charge in [0.15, 0.2) is 0 Å². The molecular weight excluding hydrogens is 216 g/mol. The van der Waals surface area contributed by atoms with E-state index in [0.717, 1.165) is 12.8 Å². The van der Waals surface area contributed by atoms with Crippen LogP contribution in [0.15, 0.2) is 12.3 Å². The summed E-state index contributed by atoms with van der Waals surface area (Å²) in [5, 5.41) is 0. The average molecular weight is 238 g/mol. The van der Waals surface area contributed by atoms with Crippen LogP contribution in [0.25, 0.3) is 0 Å². The van der Waals surface area contributed by atoms with Crippen molar-refractivity contribution in [3.05, 3.63) is 12.3 Å². The fraction of sp³-hybridized carbons (Fsp3) is 0.667. The Morgan fingerprint density at radius 3 is 2.94 bits per heavy atom. The molecule has 5 nitrogen and oxygen atoms in total. The number of aromatic nitrogens is 2. The Bertz CT molecular complexity index is 332. The number of rotatable bonds is 7. The molecule has 0 bridgehead atoms. The van der Waals surface area contributed by atoms with Crippen LogP contribution >= 0.6 is 0 Å². The van der Waals surface area contributed by atoms with E-state index in [1.54, 1.807) is 12.3 Å². The summed E-state index contributed by atoms with van der Waals surface area (Å²) < 4.78 is 5.48. The maximum absolute atomic E-state index is 5.55. The van der Waals surface area contributed by atoms with Gasteiger partial charge in [-0.15, -0.1) is 0 Å². The first kappa shape index (κ1) is 13.7. The van der Waals surface area contributed by atoms with Gasteiger partial charge < -0.3 is 15.4 Å². The minimum atomic E-state index is 0.321. The van der Waals surface area contributed by atoms with Crippen molar-refractivity contribution < 1.29 is 4.74 Å². The Hall–Kier alpha value is -1.36. The van der Waals surface area contributed by atoms with Gasteiger partial charge in [-0.2, -0.15) is 4.98 Å². The molecule has 17 heavy (non-hydrogen) atoms. The van der Waals surface area contributed by atoms with Gasteiger partial charge in [-0.3, -0.25) is 0 Å². The molecule has 1 atom stereocenters. The smallest absolute Gasteiger partial charge is 0.228 e. The van der Waals surface area contributed by atoms with E-state index >= 15 is 0 Å². The van der Waals surface area contributed by atoms with E-state index in [9.17, 15) is 0 Å². The number of hydrogen-bond acceptors (Lipinski definition) is 5. The lowest BCUT2D eigenvalue weighted by Crippen LogP contribution is -2.32. The predicted molar refractivity (Wildman–Crippen MR) is 69.4 cm³/mol. The number of nitrogens with zero attached hydrogens (tertiary/aromatic N) is 3. The molecule has 1 rings (SSSR count). The molecule has 0 aromatic carbocycles. The Kier molecular flexibility index (Phi) is 5.69. The van der Waals surface area contributed by atoms with Crippen LogP contribution in [0.1, 0.15) is 26.7 Å². The molecular formula is C12H22N4O. The number of hydrogen-bond donors (Lipinski definition) is 1. The first-order chi connectivity index (χ1) is 8.19. The molecule has 2 N–H and O–H groups in total. The zero-order valence-corrected chi connectivity index (χ0v) is 10.9. The highest BCUT2D eigenvalue weighted by molar-refractivity contribution is 5.31. The largest absolute Gasteiger partial charge is 0.478 e. The van der Waals surface area contributed by atoms with Crippen molar-refractivity contribution >= 4 is 5.95 Å². The van der Waals surface area contributed by atoms with Crippen LogP contribution in [0.5, 0.6) is 5.88 Å². The molecule has 1 heterocycles. The highest BCUT2D eigenvalue weighted by Crippen LogP contribution is 2.14. The summed E-state index contributed by atoms with van der Waals surface area (Å²) >= 11 is 0. The first-order valence-corrected chi connectivity index (χ1v) is 6.07. The van der Waals surface area contributed by atoms with E-state index < -0.39 is 0 Å². The molecule has 0 saturated heterocycles. The maximum atomic E-state index is 5.55. The van der Waals surface area contributed by atoms with E-state index in [4.69, 9.17) is 10.5 Å². The Balaban J connectivity index is 2.69. The third-order valence-electron chi connectivity index (χ3n) is 2.63. The van der Waals surface area contributed by atoms with Crippen LogP contribution in [-0.2, 0) is 0 Å². The SMILES string of the molecule is CCCOc1ccnc(N(C)C(C)CCN)n1. The summed E-state index contributed by atoms with van der Waals surface area (Å²) in [6.07, 6.45) is 3.61. The molecule has 0 spiro atoms. The highest BCUT2D eigenvalue weighted by Gasteiger charge is 2.12. The van der Waals surface area contributed by atoms with E-state index in [1.165, 1.54) is 0 Å². The molecule has 1 aromatic rings. The van der Waals surface area contributed by atoms with Crippen LogP contribution in [0.2, 0.25) is 0 Å². The molecule has 0 aliphatic rings. The quantitative estimate of drug-likeness (QED) is 0.778. The van der Waals surface area contributed by atoms with Gasteiger partial charge in [0.05, 0.1) is 6.61 Å². The third kappa shape index (κ3) is 4.19. The van der Waals surface area contributed by atoms with Crippen molar-refractivity contribution in [2.45, 2.75) is 32.7 Å². The second kappa shape index (κ2) is 7.06. The number of ether oxygens (including phenoxy) is 1. The Morgan fingerprint density at radius 2 is 2.29 bits per heavy atom. The van der Waals surface area contributed by atoms with Crippen molar-refractivity contribution in [1.29, 1.82) is 0 Å². The van der Waals surface area contributed by atoms with E-state index in [0.29, 0.717) is 31.0 Å². The molecule has 0 aliphatic carbocycles. The van der Waals surface area contributed by atoms with Crippen molar-refractivity contribution in [3.8, 4) is 5.88 Å². The van der Waals surface area contributed by atoms with Crippen LogP contribution < -0.4 is 15.4 Å². The average Bonchev–Trinajstić information content (AvgIpc) is 2.36.